The number of carbonyl (C=O) groups is 1. The minimum atomic E-state index is -0.390. The number of carbonyl (C=O) groups excluding carboxylic acids is 1. The largest absolute Gasteiger partial charge is 0.492 e. The lowest BCUT2D eigenvalue weighted by Crippen LogP contribution is -2.34. The normalized spacial score (nSPS) is 16.4. The van der Waals surface area contributed by atoms with E-state index in [-0.39, 0.29) is 23.7 Å². The molecule has 0 radical (unpaired) electrons. The summed E-state index contributed by atoms with van der Waals surface area (Å²) in [4.78, 5) is 17.0. The number of benzene rings is 2. The number of hydrogen-bond acceptors (Lipinski definition) is 3. The number of nitrogens with zero attached hydrogens (tertiary/aromatic N) is 1. The van der Waals surface area contributed by atoms with Crippen molar-refractivity contribution in [2.24, 2.45) is 0 Å². The highest BCUT2D eigenvalue weighted by molar-refractivity contribution is 5.86. The Morgan fingerprint density at radius 3 is 2.50 bits per heavy atom. The predicted octanol–water partition coefficient (Wildman–Crippen LogP) is 3.60. The van der Waals surface area contributed by atoms with Crippen molar-refractivity contribution in [3.8, 4) is 5.75 Å². The number of amides is 1. The summed E-state index contributed by atoms with van der Waals surface area (Å²) in [6.07, 6.45) is 3.35. The van der Waals surface area contributed by atoms with E-state index in [1.54, 1.807) is 24.5 Å². The Kier molecular flexibility index (Phi) is 4.35. The van der Waals surface area contributed by atoms with Gasteiger partial charge in [-0.3, -0.25) is 9.78 Å². The molecule has 0 spiro atoms. The Morgan fingerprint density at radius 2 is 1.73 bits per heavy atom. The average Bonchev–Trinajstić information content (AvgIpc) is 3.12. The number of hydrogen-bond donors (Lipinski definition) is 1. The molecule has 2 aromatic carbocycles. The molecular formula is C21H17FN2O2. The maximum Gasteiger partial charge on any atom is 0.231 e. The minimum Gasteiger partial charge on any atom is -0.492 e. The highest BCUT2D eigenvalue weighted by atomic mass is 19.1. The van der Waals surface area contributed by atoms with Crippen LogP contribution >= 0.6 is 0 Å². The first kappa shape index (κ1) is 16.3. The van der Waals surface area contributed by atoms with Crippen LogP contribution in [0.1, 0.15) is 28.7 Å². The van der Waals surface area contributed by atoms with Gasteiger partial charge in [0, 0.05) is 18.0 Å². The van der Waals surface area contributed by atoms with Crippen molar-refractivity contribution in [2.75, 3.05) is 6.61 Å². The fraction of sp³-hybridized carbons (Fsp3) is 0.143. The van der Waals surface area contributed by atoms with Crippen LogP contribution in [0.25, 0.3) is 0 Å². The number of rotatable bonds is 4. The number of ether oxygens (including phenoxy) is 1. The molecule has 2 heterocycles. The van der Waals surface area contributed by atoms with E-state index in [1.807, 2.05) is 36.4 Å². The molecule has 0 fully saturated rings. The highest BCUT2D eigenvalue weighted by Gasteiger charge is 2.31. The molecule has 3 aromatic rings. The van der Waals surface area contributed by atoms with Crippen molar-refractivity contribution in [2.45, 2.75) is 12.0 Å². The number of aromatic nitrogens is 1. The van der Waals surface area contributed by atoms with Gasteiger partial charge < -0.3 is 10.1 Å². The van der Waals surface area contributed by atoms with Gasteiger partial charge in [0.2, 0.25) is 5.91 Å². The zero-order valence-corrected chi connectivity index (χ0v) is 13.9. The van der Waals surface area contributed by atoms with Crippen molar-refractivity contribution in [3.63, 3.8) is 0 Å². The average molecular weight is 348 g/mol. The quantitative estimate of drug-likeness (QED) is 0.784. The molecule has 5 heteroatoms. The van der Waals surface area contributed by atoms with Gasteiger partial charge in [0.05, 0.1) is 6.04 Å². The fourth-order valence-electron chi connectivity index (χ4n) is 3.19. The Balaban J connectivity index is 1.63. The van der Waals surface area contributed by atoms with Gasteiger partial charge in [-0.25, -0.2) is 4.39 Å². The second-order valence-corrected chi connectivity index (χ2v) is 6.18. The molecule has 0 saturated carbocycles. The van der Waals surface area contributed by atoms with Crippen molar-refractivity contribution >= 4 is 5.91 Å². The third kappa shape index (κ3) is 3.16. The van der Waals surface area contributed by atoms with Gasteiger partial charge in [-0.05, 0) is 41.5 Å². The number of para-hydroxylation sites is 1. The zero-order valence-electron chi connectivity index (χ0n) is 13.9. The first-order valence-electron chi connectivity index (χ1n) is 8.40. The van der Waals surface area contributed by atoms with Crippen LogP contribution in [0.15, 0.2) is 73.1 Å². The van der Waals surface area contributed by atoms with E-state index in [2.05, 4.69) is 10.3 Å². The van der Waals surface area contributed by atoms with E-state index in [4.69, 9.17) is 4.74 Å². The molecule has 0 bridgehead atoms. The first-order chi connectivity index (χ1) is 12.7. The van der Waals surface area contributed by atoms with Crippen molar-refractivity contribution in [3.05, 3.63) is 95.6 Å². The molecule has 1 N–H and O–H groups in total. The van der Waals surface area contributed by atoms with Gasteiger partial charge in [-0.2, -0.15) is 0 Å². The molecular weight excluding hydrogens is 331 g/mol. The van der Waals surface area contributed by atoms with Crippen LogP contribution in [0.4, 0.5) is 4.39 Å². The van der Waals surface area contributed by atoms with E-state index in [1.165, 1.54) is 12.1 Å². The summed E-state index contributed by atoms with van der Waals surface area (Å²) < 4.78 is 18.9. The summed E-state index contributed by atoms with van der Waals surface area (Å²) in [6.45, 7) is 0.317. The van der Waals surface area contributed by atoms with Crippen LogP contribution in [-0.2, 0) is 4.79 Å². The molecule has 1 amide bonds. The molecule has 1 aromatic heterocycles. The summed E-state index contributed by atoms with van der Waals surface area (Å²) in [5, 5.41) is 3.08. The number of halogens is 1. The number of fused-ring (bicyclic) bond motifs is 1. The minimum absolute atomic E-state index is 0.124. The predicted molar refractivity (Wildman–Crippen MR) is 95.3 cm³/mol. The van der Waals surface area contributed by atoms with Crippen molar-refractivity contribution in [1.82, 2.24) is 10.3 Å². The second-order valence-electron chi connectivity index (χ2n) is 6.18. The van der Waals surface area contributed by atoms with Crippen LogP contribution in [-0.4, -0.2) is 17.5 Å². The van der Waals surface area contributed by atoms with Crippen molar-refractivity contribution in [1.29, 1.82) is 0 Å². The monoisotopic (exact) mass is 348 g/mol. The third-order valence-corrected chi connectivity index (χ3v) is 4.55. The molecule has 0 aliphatic carbocycles. The van der Waals surface area contributed by atoms with Gasteiger partial charge in [0.15, 0.2) is 0 Å². The summed E-state index contributed by atoms with van der Waals surface area (Å²) >= 11 is 0. The lowest BCUT2D eigenvalue weighted by molar-refractivity contribution is -0.123. The van der Waals surface area contributed by atoms with E-state index in [0.29, 0.717) is 6.61 Å². The van der Waals surface area contributed by atoms with Crippen LogP contribution < -0.4 is 10.1 Å². The topological polar surface area (TPSA) is 51.2 Å². The van der Waals surface area contributed by atoms with Gasteiger partial charge in [0.25, 0.3) is 0 Å². The molecule has 1 aliphatic heterocycles. The molecule has 130 valence electrons. The highest BCUT2D eigenvalue weighted by Crippen LogP contribution is 2.34. The Bertz CT molecular complexity index is 913. The van der Waals surface area contributed by atoms with Crippen LogP contribution in [0.2, 0.25) is 0 Å². The fourth-order valence-corrected chi connectivity index (χ4v) is 3.19. The Hall–Kier alpha value is -3.21. The van der Waals surface area contributed by atoms with Gasteiger partial charge >= 0.3 is 0 Å². The third-order valence-electron chi connectivity index (χ3n) is 4.55. The molecule has 1 aliphatic rings. The Morgan fingerprint density at radius 1 is 1.04 bits per heavy atom. The standard InChI is InChI=1S/C21H17FN2O2/c22-16-7-5-14(6-8-16)20(15-9-11-23-12-10-15)24-21(25)18-13-26-19-4-2-1-3-17(18)19/h1-12,18,20H,13H2,(H,24,25)/t18-,20+/m1/s1. The molecule has 26 heavy (non-hydrogen) atoms. The summed E-state index contributed by atoms with van der Waals surface area (Å²) in [6, 6.07) is 17.0. The second kappa shape index (κ2) is 6.96. The smallest absolute Gasteiger partial charge is 0.231 e. The summed E-state index contributed by atoms with van der Waals surface area (Å²) in [7, 11) is 0. The zero-order chi connectivity index (χ0) is 17.9. The Labute approximate surface area is 150 Å². The first-order valence-corrected chi connectivity index (χ1v) is 8.40. The number of nitrogens with one attached hydrogen (secondary N) is 1. The molecule has 4 rings (SSSR count). The maximum atomic E-state index is 13.3. The molecule has 0 saturated heterocycles. The lowest BCUT2D eigenvalue weighted by Gasteiger charge is -2.21. The van der Waals surface area contributed by atoms with Gasteiger partial charge in [-0.15, -0.1) is 0 Å². The van der Waals surface area contributed by atoms with E-state index in [0.717, 1.165) is 22.4 Å². The maximum absolute atomic E-state index is 13.3. The van der Waals surface area contributed by atoms with Gasteiger partial charge in [-0.1, -0.05) is 30.3 Å². The van der Waals surface area contributed by atoms with E-state index < -0.39 is 0 Å². The summed E-state index contributed by atoms with van der Waals surface area (Å²) in [5.74, 6) is -0.0568. The van der Waals surface area contributed by atoms with Crippen LogP contribution in [0, 0.1) is 5.82 Å². The molecule has 4 nitrogen and oxygen atoms in total. The number of pyridine rings is 1. The van der Waals surface area contributed by atoms with Gasteiger partial charge in [0.1, 0.15) is 24.1 Å². The lowest BCUT2D eigenvalue weighted by atomic mass is 9.96. The van der Waals surface area contributed by atoms with Crippen molar-refractivity contribution < 1.29 is 13.9 Å². The summed E-state index contributed by atoms with van der Waals surface area (Å²) in [5.41, 5.74) is 2.57. The van der Waals surface area contributed by atoms with E-state index in [9.17, 15) is 9.18 Å². The van der Waals surface area contributed by atoms with Crippen LogP contribution in [0.3, 0.4) is 0 Å². The van der Waals surface area contributed by atoms with E-state index >= 15 is 0 Å². The molecule has 2 atom stereocenters. The SMILES string of the molecule is O=C(N[C@H](c1ccncc1)c1ccc(F)cc1)[C@@H]1COc2ccccc21. The van der Waals surface area contributed by atoms with Crippen LogP contribution in [0.5, 0.6) is 5.75 Å². The molecule has 0 unspecified atom stereocenters.